The van der Waals surface area contributed by atoms with Crippen LogP contribution in [0.2, 0.25) is 0 Å². The van der Waals surface area contributed by atoms with Gasteiger partial charge in [-0.1, -0.05) is 0 Å². The first-order valence-corrected chi connectivity index (χ1v) is 4.65. The highest BCUT2D eigenvalue weighted by Gasteiger charge is 2.02. The van der Waals surface area contributed by atoms with E-state index in [1.807, 2.05) is 0 Å². The molecule has 6 nitrogen and oxygen atoms in total. The van der Waals surface area contributed by atoms with Crippen LogP contribution in [0, 0.1) is 0 Å². The molecule has 1 aromatic heterocycles. The summed E-state index contributed by atoms with van der Waals surface area (Å²) in [5, 5.41) is 5.71. The highest BCUT2D eigenvalue weighted by Crippen LogP contribution is 2.06. The molecule has 1 rings (SSSR count). The minimum absolute atomic E-state index is 0.105. The Kier molecular flexibility index (Phi) is 4.33. The van der Waals surface area contributed by atoms with Crippen LogP contribution in [0.4, 0.5) is 11.6 Å². The normalized spacial score (nSPS) is 9.47. The molecular formula is C9H14N4O2. The monoisotopic (exact) mass is 210 g/mol. The zero-order valence-corrected chi connectivity index (χ0v) is 8.78. The van der Waals surface area contributed by atoms with Gasteiger partial charge in [-0.05, 0) is 6.92 Å². The third-order valence-electron chi connectivity index (χ3n) is 1.64. The summed E-state index contributed by atoms with van der Waals surface area (Å²) in [4.78, 5) is 18.9. The van der Waals surface area contributed by atoms with Gasteiger partial charge in [0.25, 0.3) is 0 Å². The van der Waals surface area contributed by atoms with Crippen molar-refractivity contribution in [1.82, 2.24) is 9.97 Å². The number of anilines is 2. The number of nitrogens with zero attached hydrogens (tertiary/aromatic N) is 2. The third kappa shape index (κ3) is 3.80. The van der Waals surface area contributed by atoms with Crippen molar-refractivity contribution in [3.8, 4) is 0 Å². The molecule has 0 aliphatic heterocycles. The second kappa shape index (κ2) is 5.79. The van der Waals surface area contributed by atoms with Crippen molar-refractivity contribution >= 4 is 17.6 Å². The number of nitrogens with one attached hydrogen (secondary N) is 2. The number of aromatic nitrogens is 2. The molecule has 0 aliphatic carbocycles. The van der Waals surface area contributed by atoms with E-state index in [0.717, 1.165) is 0 Å². The summed E-state index contributed by atoms with van der Waals surface area (Å²) in [5.74, 6) is 0.973. The van der Waals surface area contributed by atoms with Crippen LogP contribution in [0.1, 0.15) is 6.92 Å². The predicted molar refractivity (Wildman–Crippen MR) is 56.7 cm³/mol. The molecule has 0 saturated heterocycles. The number of carbonyl (C=O) groups is 1. The summed E-state index contributed by atoms with van der Waals surface area (Å²) in [6.45, 7) is 2.25. The van der Waals surface area contributed by atoms with E-state index in [1.165, 1.54) is 6.33 Å². The van der Waals surface area contributed by atoms with Crippen molar-refractivity contribution in [3.05, 3.63) is 12.4 Å². The van der Waals surface area contributed by atoms with Crippen molar-refractivity contribution in [2.24, 2.45) is 0 Å². The smallest absolute Gasteiger partial charge is 0.325 e. The fraction of sp³-hybridized carbons (Fsp3) is 0.444. The van der Waals surface area contributed by atoms with Crippen LogP contribution in [-0.4, -0.2) is 36.1 Å². The zero-order valence-electron chi connectivity index (χ0n) is 8.78. The Bertz CT molecular complexity index is 330. The molecule has 0 spiro atoms. The number of hydrogen-bond acceptors (Lipinski definition) is 6. The Morgan fingerprint density at radius 1 is 1.47 bits per heavy atom. The van der Waals surface area contributed by atoms with Gasteiger partial charge in [0.05, 0.1) is 6.61 Å². The second-order valence-electron chi connectivity index (χ2n) is 2.70. The molecule has 0 atom stereocenters. The molecule has 0 unspecified atom stereocenters. The zero-order chi connectivity index (χ0) is 11.1. The SMILES string of the molecule is CCOC(=O)CNc1cc(NC)ncn1. The lowest BCUT2D eigenvalue weighted by Crippen LogP contribution is -2.17. The van der Waals surface area contributed by atoms with Gasteiger partial charge in [0.2, 0.25) is 0 Å². The van der Waals surface area contributed by atoms with E-state index in [0.29, 0.717) is 18.2 Å². The first-order chi connectivity index (χ1) is 7.26. The molecule has 0 fully saturated rings. The van der Waals surface area contributed by atoms with Crippen LogP contribution in [0.3, 0.4) is 0 Å². The van der Waals surface area contributed by atoms with E-state index in [1.54, 1.807) is 20.0 Å². The molecule has 0 bridgehead atoms. The van der Waals surface area contributed by atoms with Gasteiger partial charge < -0.3 is 15.4 Å². The lowest BCUT2D eigenvalue weighted by Gasteiger charge is -2.05. The van der Waals surface area contributed by atoms with Crippen molar-refractivity contribution in [2.75, 3.05) is 30.8 Å². The van der Waals surface area contributed by atoms with Crippen LogP contribution in [0.15, 0.2) is 12.4 Å². The minimum atomic E-state index is -0.304. The highest BCUT2D eigenvalue weighted by atomic mass is 16.5. The van der Waals surface area contributed by atoms with Crippen molar-refractivity contribution in [2.45, 2.75) is 6.92 Å². The van der Waals surface area contributed by atoms with Crippen LogP contribution >= 0.6 is 0 Å². The summed E-state index contributed by atoms with van der Waals surface area (Å²) in [6, 6.07) is 1.71. The average Bonchev–Trinajstić information content (AvgIpc) is 2.27. The number of rotatable bonds is 5. The van der Waals surface area contributed by atoms with E-state index >= 15 is 0 Å². The van der Waals surface area contributed by atoms with Gasteiger partial charge in [-0.3, -0.25) is 4.79 Å². The Morgan fingerprint density at radius 2 is 2.20 bits per heavy atom. The van der Waals surface area contributed by atoms with Gasteiger partial charge in [-0.15, -0.1) is 0 Å². The fourth-order valence-electron chi connectivity index (χ4n) is 0.965. The topological polar surface area (TPSA) is 76.1 Å². The number of esters is 1. The van der Waals surface area contributed by atoms with Gasteiger partial charge in [0.1, 0.15) is 24.5 Å². The van der Waals surface area contributed by atoms with Crippen molar-refractivity contribution in [3.63, 3.8) is 0 Å². The van der Waals surface area contributed by atoms with Crippen molar-refractivity contribution < 1.29 is 9.53 Å². The number of carbonyl (C=O) groups excluding carboxylic acids is 1. The Hall–Kier alpha value is -1.85. The van der Waals surface area contributed by atoms with Gasteiger partial charge in [-0.2, -0.15) is 0 Å². The molecule has 6 heteroatoms. The first-order valence-electron chi connectivity index (χ1n) is 4.65. The Morgan fingerprint density at radius 3 is 2.87 bits per heavy atom. The number of hydrogen-bond donors (Lipinski definition) is 2. The fourth-order valence-corrected chi connectivity index (χ4v) is 0.965. The maximum atomic E-state index is 11.0. The quantitative estimate of drug-likeness (QED) is 0.689. The van der Waals surface area contributed by atoms with Crippen LogP contribution in [0.5, 0.6) is 0 Å². The molecule has 2 N–H and O–H groups in total. The molecule has 0 amide bonds. The maximum Gasteiger partial charge on any atom is 0.325 e. The number of ether oxygens (including phenoxy) is 1. The Labute approximate surface area is 88.1 Å². The molecule has 15 heavy (non-hydrogen) atoms. The summed E-state index contributed by atoms with van der Waals surface area (Å²) in [7, 11) is 1.76. The molecule has 0 saturated carbocycles. The highest BCUT2D eigenvalue weighted by molar-refractivity contribution is 5.74. The molecule has 1 aromatic rings. The minimum Gasteiger partial charge on any atom is -0.465 e. The standard InChI is InChI=1S/C9H14N4O2/c1-3-15-9(14)5-11-8-4-7(10-2)12-6-13-8/h4,6H,3,5H2,1-2H3,(H2,10,11,12,13). The third-order valence-corrected chi connectivity index (χ3v) is 1.64. The molecule has 0 aromatic carbocycles. The lowest BCUT2D eigenvalue weighted by atomic mass is 10.5. The second-order valence-corrected chi connectivity index (χ2v) is 2.70. The molecule has 1 heterocycles. The van der Waals surface area contributed by atoms with E-state index in [-0.39, 0.29) is 12.5 Å². The molecular weight excluding hydrogens is 196 g/mol. The van der Waals surface area contributed by atoms with Crippen LogP contribution in [-0.2, 0) is 9.53 Å². The maximum absolute atomic E-state index is 11.0. The predicted octanol–water partition coefficient (Wildman–Crippen LogP) is 0.493. The lowest BCUT2D eigenvalue weighted by molar-refractivity contribution is -0.140. The summed E-state index contributed by atoms with van der Waals surface area (Å²) < 4.78 is 4.76. The average molecular weight is 210 g/mol. The molecule has 0 radical (unpaired) electrons. The Balaban J connectivity index is 2.46. The molecule has 82 valence electrons. The van der Waals surface area contributed by atoms with E-state index in [2.05, 4.69) is 20.6 Å². The van der Waals surface area contributed by atoms with Gasteiger partial charge >= 0.3 is 5.97 Å². The largest absolute Gasteiger partial charge is 0.465 e. The van der Waals surface area contributed by atoms with Crippen LogP contribution in [0.25, 0.3) is 0 Å². The van der Waals surface area contributed by atoms with Gasteiger partial charge in [0.15, 0.2) is 0 Å². The van der Waals surface area contributed by atoms with Gasteiger partial charge in [-0.25, -0.2) is 9.97 Å². The summed E-state index contributed by atoms with van der Waals surface area (Å²) in [6.07, 6.45) is 1.42. The van der Waals surface area contributed by atoms with E-state index < -0.39 is 0 Å². The summed E-state index contributed by atoms with van der Waals surface area (Å²) in [5.41, 5.74) is 0. The first kappa shape index (κ1) is 11.2. The van der Waals surface area contributed by atoms with E-state index in [9.17, 15) is 4.79 Å². The van der Waals surface area contributed by atoms with Crippen molar-refractivity contribution in [1.29, 1.82) is 0 Å². The molecule has 0 aliphatic rings. The van der Waals surface area contributed by atoms with Gasteiger partial charge in [0, 0.05) is 13.1 Å². The summed E-state index contributed by atoms with van der Waals surface area (Å²) >= 11 is 0. The van der Waals surface area contributed by atoms with Crippen LogP contribution < -0.4 is 10.6 Å². The van der Waals surface area contributed by atoms with E-state index in [4.69, 9.17) is 4.74 Å².